The SMILES string of the molecule is CC(CN)S(=O)Cc1cccc(F)c1F. The van der Waals surface area contributed by atoms with Crippen LogP contribution in [0.5, 0.6) is 0 Å². The zero-order chi connectivity index (χ0) is 11.4. The molecule has 2 N–H and O–H groups in total. The molecule has 1 aromatic carbocycles. The smallest absolute Gasteiger partial charge is 0.162 e. The van der Waals surface area contributed by atoms with Crippen LogP contribution in [-0.4, -0.2) is 16.0 Å². The Morgan fingerprint density at radius 1 is 1.47 bits per heavy atom. The van der Waals surface area contributed by atoms with Crippen molar-refractivity contribution in [1.82, 2.24) is 0 Å². The van der Waals surface area contributed by atoms with Crippen molar-refractivity contribution >= 4 is 10.8 Å². The second-order valence-corrected chi connectivity index (χ2v) is 5.14. The Morgan fingerprint density at radius 2 is 2.13 bits per heavy atom. The van der Waals surface area contributed by atoms with Crippen LogP contribution in [0.1, 0.15) is 12.5 Å². The standard InChI is InChI=1S/C10H13F2NOS/c1-7(5-13)15(14)6-8-3-2-4-9(11)10(8)12/h2-4,7H,5-6,13H2,1H3. The summed E-state index contributed by atoms with van der Waals surface area (Å²) >= 11 is 0. The van der Waals surface area contributed by atoms with Gasteiger partial charge in [0.1, 0.15) is 0 Å². The molecule has 0 bridgehead atoms. The highest BCUT2D eigenvalue weighted by atomic mass is 32.2. The fourth-order valence-electron chi connectivity index (χ4n) is 1.06. The van der Waals surface area contributed by atoms with Gasteiger partial charge in [0.25, 0.3) is 0 Å². The van der Waals surface area contributed by atoms with Gasteiger partial charge in [0.2, 0.25) is 0 Å². The lowest BCUT2D eigenvalue weighted by molar-refractivity contribution is 0.502. The lowest BCUT2D eigenvalue weighted by Crippen LogP contribution is -2.23. The van der Waals surface area contributed by atoms with Gasteiger partial charge in [0, 0.05) is 28.2 Å². The van der Waals surface area contributed by atoms with Gasteiger partial charge in [-0.3, -0.25) is 4.21 Å². The highest BCUT2D eigenvalue weighted by Gasteiger charge is 2.14. The monoisotopic (exact) mass is 233 g/mol. The fourth-order valence-corrected chi connectivity index (χ4v) is 2.09. The summed E-state index contributed by atoms with van der Waals surface area (Å²) in [5.74, 6) is -1.83. The first-order chi connectivity index (χ1) is 7.06. The molecule has 2 unspecified atom stereocenters. The number of hydrogen-bond acceptors (Lipinski definition) is 2. The molecular weight excluding hydrogens is 220 g/mol. The largest absolute Gasteiger partial charge is 0.329 e. The second kappa shape index (κ2) is 5.32. The second-order valence-electron chi connectivity index (χ2n) is 3.28. The maximum absolute atomic E-state index is 13.2. The predicted molar refractivity (Wildman–Crippen MR) is 56.7 cm³/mol. The van der Waals surface area contributed by atoms with Gasteiger partial charge in [-0.2, -0.15) is 0 Å². The lowest BCUT2D eigenvalue weighted by Gasteiger charge is -2.09. The van der Waals surface area contributed by atoms with Gasteiger partial charge in [-0.1, -0.05) is 12.1 Å². The molecule has 2 atom stereocenters. The molecule has 0 spiro atoms. The zero-order valence-corrected chi connectivity index (χ0v) is 9.19. The maximum atomic E-state index is 13.2. The molecule has 5 heteroatoms. The van der Waals surface area contributed by atoms with Gasteiger partial charge < -0.3 is 5.73 Å². The van der Waals surface area contributed by atoms with Crippen LogP contribution in [0, 0.1) is 11.6 Å². The van der Waals surface area contributed by atoms with E-state index in [9.17, 15) is 13.0 Å². The quantitative estimate of drug-likeness (QED) is 0.857. The Kier molecular flexibility index (Phi) is 4.35. The Balaban J connectivity index is 2.81. The number of nitrogens with two attached hydrogens (primary N) is 1. The average molecular weight is 233 g/mol. The van der Waals surface area contributed by atoms with Crippen LogP contribution in [0.2, 0.25) is 0 Å². The molecule has 84 valence electrons. The van der Waals surface area contributed by atoms with Crippen molar-refractivity contribution in [2.24, 2.45) is 5.73 Å². The van der Waals surface area contributed by atoms with Crippen molar-refractivity contribution in [3.05, 3.63) is 35.4 Å². The van der Waals surface area contributed by atoms with Gasteiger partial charge in [0.05, 0.1) is 5.75 Å². The highest BCUT2D eigenvalue weighted by molar-refractivity contribution is 7.84. The molecule has 0 aromatic heterocycles. The van der Waals surface area contributed by atoms with Crippen LogP contribution < -0.4 is 5.73 Å². The van der Waals surface area contributed by atoms with Gasteiger partial charge in [-0.05, 0) is 13.0 Å². The van der Waals surface area contributed by atoms with E-state index in [1.54, 1.807) is 6.92 Å². The van der Waals surface area contributed by atoms with Crippen LogP contribution in [0.4, 0.5) is 8.78 Å². The van der Waals surface area contributed by atoms with E-state index in [0.717, 1.165) is 6.07 Å². The number of hydrogen-bond donors (Lipinski definition) is 1. The Bertz CT molecular complexity index is 370. The van der Waals surface area contributed by atoms with E-state index in [1.165, 1.54) is 12.1 Å². The van der Waals surface area contributed by atoms with Crippen molar-refractivity contribution < 1.29 is 13.0 Å². The molecule has 0 aliphatic rings. The molecule has 0 fully saturated rings. The average Bonchev–Trinajstić information content (AvgIpc) is 2.23. The predicted octanol–water partition coefficient (Wildman–Crippen LogP) is 1.56. The zero-order valence-electron chi connectivity index (χ0n) is 8.37. The van der Waals surface area contributed by atoms with Crippen LogP contribution in [0.3, 0.4) is 0 Å². The van der Waals surface area contributed by atoms with Crippen LogP contribution in [-0.2, 0) is 16.6 Å². The fraction of sp³-hybridized carbons (Fsp3) is 0.400. The molecular formula is C10H13F2NOS. The van der Waals surface area contributed by atoms with E-state index < -0.39 is 22.4 Å². The van der Waals surface area contributed by atoms with E-state index in [-0.39, 0.29) is 23.1 Å². The molecule has 0 aliphatic carbocycles. The first-order valence-electron chi connectivity index (χ1n) is 4.56. The first kappa shape index (κ1) is 12.3. The molecule has 1 aromatic rings. The molecule has 0 radical (unpaired) electrons. The third-order valence-electron chi connectivity index (χ3n) is 2.11. The summed E-state index contributed by atoms with van der Waals surface area (Å²) < 4.78 is 37.6. The van der Waals surface area contributed by atoms with E-state index in [1.807, 2.05) is 0 Å². The molecule has 0 aliphatic heterocycles. The first-order valence-corrected chi connectivity index (χ1v) is 5.94. The maximum Gasteiger partial charge on any atom is 0.162 e. The third kappa shape index (κ3) is 3.07. The number of halogens is 2. The summed E-state index contributed by atoms with van der Waals surface area (Å²) in [6.07, 6.45) is 0. The van der Waals surface area contributed by atoms with Gasteiger partial charge in [0.15, 0.2) is 11.6 Å². The molecule has 0 saturated carbocycles. The molecule has 0 amide bonds. The van der Waals surface area contributed by atoms with Crippen molar-refractivity contribution in [1.29, 1.82) is 0 Å². The molecule has 15 heavy (non-hydrogen) atoms. The topological polar surface area (TPSA) is 43.1 Å². The van der Waals surface area contributed by atoms with Crippen molar-refractivity contribution in [3.63, 3.8) is 0 Å². The summed E-state index contributed by atoms with van der Waals surface area (Å²) in [5, 5.41) is -0.215. The molecule has 2 nitrogen and oxygen atoms in total. The van der Waals surface area contributed by atoms with Gasteiger partial charge >= 0.3 is 0 Å². The van der Waals surface area contributed by atoms with E-state index in [0.29, 0.717) is 0 Å². The molecule has 0 saturated heterocycles. The Hall–Kier alpha value is -0.810. The summed E-state index contributed by atoms with van der Waals surface area (Å²) in [7, 11) is -1.27. The minimum atomic E-state index is -1.27. The summed E-state index contributed by atoms with van der Waals surface area (Å²) in [5.41, 5.74) is 5.47. The van der Waals surface area contributed by atoms with Crippen molar-refractivity contribution in [2.75, 3.05) is 6.54 Å². The summed E-state index contributed by atoms with van der Waals surface area (Å²) in [6, 6.07) is 3.87. The minimum Gasteiger partial charge on any atom is -0.329 e. The number of rotatable bonds is 4. The number of benzene rings is 1. The van der Waals surface area contributed by atoms with Crippen LogP contribution in [0.15, 0.2) is 18.2 Å². The summed E-state index contributed by atoms with van der Waals surface area (Å²) in [4.78, 5) is 0. The van der Waals surface area contributed by atoms with Crippen LogP contribution in [0.25, 0.3) is 0 Å². The summed E-state index contributed by atoms with van der Waals surface area (Å²) in [6.45, 7) is 1.98. The van der Waals surface area contributed by atoms with Crippen molar-refractivity contribution in [3.8, 4) is 0 Å². The van der Waals surface area contributed by atoms with E-state index >= 15 is 0 Å². The Labute approximate surface area is 89.9 Å². The molecule has 1 rings (SSSR count). The van der Waals surface area contributed by atoms with Crippen molar-refractivity contribution in [2.45, 2.75) is 17.9 Å². The Morgan fingerprint density at radius 3 is 2.73 bits per heavy atom. The van der Waals surface area contributed by atoms with E-state index in [4.69, 9.17) is 5.73 Å². The molecule has 0 heterocycles. The normalized spacial score (nSPS) is 14.9. The van der Waals surface area contributed by atoms with Gasteiger partial charge in [-0.25, -0.2) is 8.78 Å². The van der Waals surface area contributed by atoms with E-state index in [2.05, 4.69) is 0 Å². The lowest BCUT2D eigenvalue weighted by atomic mass is 10.2. The van der Waals surface area contributed by atoms with Crippen LogP contribution >= 0.6 is 0 Å². The minimum absolute atomic E-state index is 0.00194. The third-order valence-corrected chi connectivity index (χ3v) is 3.80. The highest BCUT2D eigenvalue weighted by Crippen LogP contribution is 2.14. The van der Waals surface area contributed by atoms with Gasteiger partial charge in [-0.15, -0.1) is 0 Å².